The fraction of sp³-hybridized carbons (Fsp3) is 0.583. The summed E-state index contributed by atoms with van der Waals surface area (Å²) in [6.45, 7) is 3.14. The maximum Gasteiger partial charge on any atom is 0.252 e. The highest BCUT2D eigenvalue weighted by Crippen LogP contribution is 2.29. The summed E-state index contributed by atoms with van der Waals surface area (Å²) in [4.78, 5) is 11.8. The quantitative estimate of drug-likeness (QED) is 0.832. The van der Waals surface area contributed by atoms with Crippen LogP contribution in [0.1, 0.15) is 36.5 Å². The third-order valence-electron chi connectivity index (χ3n) is 3.18. The van der Waals surface area contributed by atoms with Crippen LogP contribution in [0.3, 0.4) is 0 Å². The van der Waals surface area contributed by atoms with E-state index in [1.165, 1.54) is 19.3 Å². The van der Waals surface area contributed by atoms with Crippen molar-refractivity contribution in [1.29, 1.82) is 0 Å². The Kier molecular flexibility index (Phi) is 4.24. The molecule has 0 spiro atoms. The van der Waals surface area contributed by atoms with E-state index >= 15 is 0 Å². The van der Waals surface area contributed by atoms with Gasteiger partial charge in [-0.05, 0) is 53.3 Å². The maximum absolute atomic E-state index is 11.8. The Morgan fingerprint density at radius 1 is 1.62 bits per heavy atom. The van der Waals surface area contributed by atoms with Crippen LogP contribution in [0.4, 0.5) is 0 Å². The lowest BCUT2D eigenvalue weighted by Gasteiger charge is -2.10. The molecule has 0 saturated heterocycles. The first-order valence-corrected chi connectivity index (χ1v) is 7.63. The van der Waals surface area contributed by atoms with E-state index in [-0.39, 0.29) is 5.91 Å². The van der Waals surface area contributed by atoms with Crippen molar-refractivity contribution < 1.29 is 4.79 Å². The molecule has 2 unspecified atom stereocenters. The van der Waals surface area contributed by atoms with Crippen LogP contribution in [-0.2, 0) is 0 Å². The first-order chi connectivity index (χ1) is 7.65. The number of rotatable bonds is 3. The number of halogens is 1. The number of carbonyl (C=O) groups is 1. The molecule has 1 aromatic rings. The minimum absolute atomic E-state index is 0.0821. The number of amides is 1. The highest BCUT2D eigenvalue weighted by Gasteiger charge is 2.21. The summed E-state index contributed by atoms with van der Waals surface area (Å²) in [6, 6.07) is 1.94. The Balaban J connectivity index is 1.80. The zero-order valence-corrected chi connectivity index (χ0v) is 12.3. The van der Waals surface area contributed by atoms with Crippen LogP contribution in [0, 0.1) is 14.7 Å². The standard InChI is InChI=1S/C12H16INOS/c1-8-2-3-9(4-8)6-14-12(15)10-5-11(13)16-7-10/h5,7-9H,2-4,6H2,1H3,(H,14,15). The van der Waals surface area contributed by atoms with Crippen molar-refractivity contribution in [3.8, 4) is 0 Å². The van der Waals surface area contributed by atoms with Gasteiger partial charge in [-0.15, -0.1) is 11.3 Å². The van der Waals surface area contributed by atoms with Crippen LogP contribution in [-0.4, -0.2) is 12.5 Å². The molecule has 88 valence electrons. The number of thiophene rings is 1. The van der Waals surface area contributed by atoms with E-state index in [2.05, 4.69) is 34.8 Å². The van der Waals surface area contributed by atoms with Gasteiger partial charge in [-0.2, -0.15) is 0 Å². The molecular formula is C12H16INOS. The maximum atomic E-state index is 11.8. The normalized spacial score (nSPS) is 24.6. The number of hydrogen-bond acceptors (Lipinski definition) is 2. The Labute approximate surface area is 114 Å². The summed E-state index contributed by atoms with van der Waals surface area (Å²) < 4.78 is 1.16. The van der Waals surface area contributed by atoms with Gasteiger partial charge in [-0.1, -0.05) is 13.3 Å². The molecule has 1 aromatic heterocycles. The van der Waals surface area contributed by atoms with Gasteiger partial charge in [0.15, 0.2) is 0 Å². The van der Waals surface area contributed by atoms with Gasteiger partial charge in [0, 0.05) is 11.9 Å². The molecule has 2 nitrogen and oxygen atoms in total. The molecule has 2 atom stereocenters. The highest BCUT2D eigenvalue weighted by atomic mass is 127. The van der Waals surface area contributed by atoms with Gasteiger partial charge in [0.25, 0.3) is 5.91 Å². The molecule has 0 radical (unpaired) electrons. The Morgan fingerprint density at radius 2 is 2.44 bits per heavy atom. The fourth-order valence-electron chi connectivity index (χ4n) is 2.28. The SMILES string of the molecule is CC1CCC(CNC(=O)c2csc(I)c2)C1. The number of hydrogen-bond donors (Lipinski definition) is 1. The molecule has 1 saturated carbocycles. The summed E-state index contributed by atoms with van der Waals surface area (Å²) in [5, 5.41) is 4.96. The Bertz CT molecular complexity index is 377. The third kappa shape index (κ3) is 3.20. The molecule has 2 rings (SSSR count). The zero-order valence-electron chi connectivity index (χ0n) is 9.33. The molecule has 1 aliphatic carbocycles. The van der Waals surface area contributed by atoms with E-state index in [0.29, 0.717) is 5.92 Å². The Hall–Kier alpha value is -0.100. The molecule has 1 fully saturated rings. The number of nitrogens with one attached hydrogen (secondary N) is 1. The lowest BCUT2D eigenvalue weighted by Crippen LogP contribution is -2.28. The largest absolute Gasteiger partial charge is 0.352 e. The minimum Gasteiger partial charge on any atom is -0.352 e. The van der Waals surface area contributed by atoms with Gasteiger partial charge >= 0.3 is 0 Å². The first kappa shape index (κ1) is 12.4. The van der Waals surface area contributed by atoms with E-state index in [0.717, 1.165) is 20.9 Å². The molecule has 1 heterocycles. The lowest BCUT2D eigenvalue weighted by molar-refractivity contribution is 0.0947. The van der Waals surface area contributed by atoms with Crippen LogP contribution in [0.5, 0.6) is 0 Å². The van der Waals surface area contributed by atoms with Crippen molar-refractivity contribution >= 4 is 39.8 Å². The summed E-state index contributed by atoms with van der Waals surface area (Å²) in [6.07, 6.45) is 3.85. The van der Waals surface area contributed by atoms with Crippen LogP contribution < -0.4 is 5.32 Å². The van der Waals surface area contributed by atoms with E-state index < -0.39 is 0 Å². The predicted octanol–water partition coefficient (Wildman–Crippen LogP) is 3.52. The monoisotopic (exact) mass is 349 g/mol. The fourth-order valence-corrected chi connectivity index (χ4v) is 3.61. The topological polar surface area (TPSA) is 29.1 Å². The van der Waals surface area contributed by atoms with Crippen LogP contribution >= 0.6 is 33.9 Å². The Morgan fingerprint density at radius 3 is 3.00 bits per heavy atom. The predicted molar refractivity (Wildman–Crippen MR) is 75.9 cm³/mol. The third-order valence-corrected chi connectivity index (χ3v) is 4.97. The van der Waals surface area contributed by atoms with Gasteiger partial charge in [0.1, 0.15) is 0 Å². The highest BCUT2D eigenvalue weighted by molar-refractivity contribution is 14.1. The van der Waals surface area contributed by atoms with Gasteiger partial charge in [0.2, 0.25) is 0 Å². The molecule has 0 bridgehead atoms. The van der Waals surface area contributed by atoms with E-state index in [1.54, 1.807) is 11.3 Å². The average molecular weight is 349 g/mol. The smallest absolute Gasteiger partial charge is 0.252 e. The number of carbonyl (C=O) groups excluding carboxylic acids is 1. The molecule has 4 heteroatoms. The van der Waals surface area contributed by atoms with Gasteiger partial charge in [-0.3, -0.25) is 4.79 Å². The lowest BCUT2D eigenvalue weighted by atomic mass is 10.1. The molecule has 0 aromatic carbocycles. The van der Waals surface area contributed by atoms with E-state index in [1.807, 2.05) is 11.4 Å². The van der Waals surface area contributed by atoms with E-state index in [4.69, 9.17) is 0 Å². The van der Waals surface area contributed by atoms with Crippen molar-refractivity contribution in [3.05, 3.63) is 19.9 Å². The van der Waals surface area contributed by atoms with Gasteiger partial charge in [0.05, 0.1) is 8.45 Å². The second-order valence-electron chi connectivity index (χ2n) is 4.63. The van der Waals surface area contributed by atoms with Crippen LogP contribution in [0.2, 0.25) is 0 Å². The van der Waals surface area contributed by atoms with E-state index in [9.17, 15) is 4.79 Å². The van der Waals surface area contributed by atoms with Crippen LogP contribution in [0.15, 0.2) is 11.4 Å². The van der Waals surface area contributed by atoms with Crippen molar-refractivity contribution in [3.63, 3.8) is 0 Å². The second-order valence-corrected chi connectivity index (χ2v) is 7.44. The second kappa shape index (κ2) is 5.49. The molecule has 16 heavy (non-hydrogen) atoms. The molecule has 1 aliphatic rings. The summed E-state index contributed by atoms with van der Waals surface area (Å²) >= 11 is 3.86. The average Bonchev–Trinajstić information content (AvgIpc) is 2.84. The van der Waals surface area contributed by atoms with Gasteiger partial charge in [-0.25, -0.2) is 0 Å². The molecule has 1 N–H and O–H groups in total. The summed E-state index contributed by atoms with van der Waals surface area (Å²) in [5.74, 6) is 1.61. The van der Waals surface area contributed by atoms with Gasteiger partial charge < -0.3 is 5.32 Å². The minimum atomic E-state index is 0.0821. The van der Waals surface area contributed by atoms with Crippen molar-refractivity contribution in [2.24, 2.45) is 11.8 Å². The van der Waals surface area contributed by atoms with Crippen molar-refractivity contribution in [1.82, 2.24) is 5.32 Å². The van der Waals surface area contributed by atoms with Crippen molar-refractivity contribution in [2.45, 2.75) is 26.2 Å². The molecule has 1 amide bonds. The van der Waals surface area contributed by atoms with Crippen molar-refractivity contribution in [2.75, 3.05) is 6.54 Å². The summed E-state index contributed by atoms with van der Waals surface area (Å²) in [7, 11) is 0. The molecule has 0 aliphatic heterocycles. The first-order valence-electron chi connectivity index (χ1n) is 5.67. The van der Waals surface area contributed by atoms with Crippen LogP contribution in [0.25, 0.3) is 0 Å². The molecular weight excluding hydrogens is 333 g/mol. The summed E-state index contributed by atoms with van der Waals surface area (Å²) in [5.41, 5.74) is 0.806. The zero-order chi connectivity index (χ0) is 11.5.